The maximum Gasteiger partial charge on any atom is 0.339 e. The molecule has 0 aromatic heterocycles. The van der Waals surface area contributed by atoms with Crippen LogP contribution in [-0.4, -0.2) is 14.7 Å². The van der Waals surface area contributed by atoms with Crippen LogP contribution in [0.25, 0.3) is 0 Å². The van der Waals surface area contributed by atoms with Gasteiger partial charge in [-0.05, 0) is 30.3 Å². The van der Waals surface area contributed by atoms with Gasteiger partial charge < -0.3 is 4.18 Å². The molecule has 0 aliphatic carbocycles. The van der Waals surface area contributed by atoms with Crippen molar-refractivity contribution in [3.05, 3.63) is 59.1 Å². The standard InChI is InChI=1S/C13H9ClO4S/c14-13-7-6-12(8-10(13)9-15)19(16,17)18-11-4-2-1-3-5-11/h1-9H. The van der Waals surface area contributed by atoms with Crippen molar-refractivity contribution in [3.63, 3.8) is 0 Å². The predicted molar refractivity (Wildman–Crippen MR) is 71.1 cm³/mol. The van der Waals surface area contributed by atoms with Gasteiger partial charge in [-0.25, -0.2) is 0 Å². The third kappa shape index (κ3) is 3.13. The van der Waals surface area contributed by atoms with E-state index in [-0.39, 0.29) is 21.2 Å². The molecule has 4 nitrogen and oxygen atoms in total. The minimum absolute atomic E-state index is 0.0967. The van der Waals surface area contributed by atoms with Crippen molar-refractivity contribution in [2.24, 2.45) is 0 Å². The molecule has 0 saturated heterocycles. The Labute approximate surface area is 115 Å². The van der Waals surface area contributed by atoms with Crippen LogP contribution < -0.4 is 4.18 Å². The summed E-state index contributed by atoms with van der Waals surface area (Å²) in [6.45, 7) is 0. The van der Waals surface area contributed by atoms with Crippen molar-refractivity contribution in [3.8, 4) is 5.75 Å². The van der Waals surface area contributed by atoms with E-state index in [1.807, 2.05) is 0 Å². The van der Waals surface area contributed by atoms with Gasteiger partial charge in [0.05, 0.1) is 5.02 Å². The summed E-state index contributed by atoms with van der Waals surface area (Å²) in [5.41, 5.74) is 0.0967. The van der Waals surface area contributed by atoms with Gasteiger partial charge in [-0.3, -0.25) is 4.79 Å². The molecule has 2 rings (SSSR count). The summed E-state index contributed by atoms with van der Waals surface area (Å²) in [5.74, 6) is 0.199. The third-order valence-corrected chi connectivity index (χ3v) is 3.92. The number of hydrogen-bond donors (Lipinski definition) is 0. The molecular weight excluding hydrogens is 288 g/mol. The van der Waals surface area contributed by atoms with Crippen molar-refractivity contribution in [2.75, 3.05) is 0 Å². The molecule has 0 unspecified atom stereocenters. The molecule has 0 spiro atoms. The molecule has 0 aliphatic rings. The maximum atomic E-state index is 12.0. The zero-order chi connectivity index (χ0) is 13.9. The summed E-state index contributed by atoms with van der Waals surface area (Å²) in [6, 6.07) is 11.9. The summed E-state index contributed by atoms with van der Waals surface area (Å²) < 4.78 is 28.9. The fourth-order valence-corrected chi connectivity index (χ4v) is 2.55. The number of rotatable bonds is 4. The van der Waals surface area contributed by atoms with Crippen LogP contribution in [0.15, 0.2) is 53.4 Å². The van der Waals surface area contributed by atoms with Gasteiger partial charge >= 0.3 is 10.1 Å². The normalized spacial score (nSPS) is 11.0. The van der Waals surface area contributed by atoms with E-state index in [4.69, 9.17) is 15.8 Å². The second-order valence-electron chi connectivity index (χ2n) is 3.65. The highest BCUT2D eigenvalue weighted by Gasteiger charge is 2.18. The van der Waals surface area contributed by atoms with E-state index in [9.17, 15) is 13.2 Å². The van der Waals surface area contributed by atoms with Crippen molar-refractivity contribution in [2.45, 2.75) is 4.90 Å². The van der Waals surface area contributed by atoms with Gasteiger partial charge in [0.2, 0.25) is 0 Å². The highest BCUT2D eigenvalue weighted by molar-refractivity contribution is 7.87. The largest absolute Gasteiger partial charge is 0.379 e. The predicted octanol–water partition coefficient (Wildman–Crippen LogP) is 2.92. The number of benzene rings is 2. The van der Waals surface area contributed by atoms with Crippen LogP contribution in [0.3, 0.4) is 0 Å². The van der Waals surface area contributed by atoms with E-state index in [0.717, 1.165) is 0 Å². The van der Waals surface area contributed by atoms with Gasteiger partial charge in [0.15, 0.2) is 6.29 Å². The Morgan fingerprint density at radius 2 is 1.74 bits per heavy atom. The smallest absolute Gasteiger partial charge is 0.339 e. The molecule has 19 heavy (non-hydrogen) atoms. The molecule has 98 valence electrons. The Kier molecular flexibility index (Phi) is 3.87. The second-order valence-corrected chi connectivity index (χ2v) is 5.61. The van der Waals surface area contributed by atoms with Crippen LogP contribution in [0.1, 0.15) is 10.4 Å². The SMILES string of the molecule is O=Cc1cc(S(=O)(=O)Oc2ccccc2)ccc1Cl. The van der Waals surface area contributed by atoms with Crippen LogP contribution in [0, 0.1) is 0 Å². The fourth-order valence-electron chi connectivity index (χ4n) is 1.42. The van der Waals surface area contributed by atoms with E-state index in [1.165, 1.54) is 30.3 Å². The molecule has 2 aromatic rings. The molecule has 0 amide bonds. The lowest BCUT2D eigenvalue weighted by Gasteiger charge is -2.07. The minimum Gasteiger partial charge on any atom is -0.379 e. The molecular formula is C13H9ClO4S. The number of hydrogen-bond acceptors (Lipinski definition) is 4. The average Bonchev–Trinajstić information content (AvgIpc) is 2.39. The summed E-state index contributed by atoms with van der Waals surface area (Å²) >= 11 is 5.74. The van der Waals surface area contributed by atoms with Gasteiger partial charge in [-0.1, -0.05) is 29.8 Å². The van der Waals surface area contributed by atoms with Crippen molar-refractivity contribution >= 4 is 28.0 Å². The van der Waals surface area contributed by atoms with Crippen molar-refractivity contribution in [1.82, 2.24) is 0 Å². The first-order chi connectivity index (χ1) is 9.03. The number of halogens is 1. The first kappa shape index (κ1) is 13.6. The number of aldehydes is 1. The van der Waals surface area contributed by atoms with Crippen LogP contribution >= 0.6 is 11.6 Å². The molecule has 0 atom stereocenters. The van der Waals surface area contributed by atoms with Gasteiger partial charge in [-0.2, -0.15) is 8.42 Å². The Hall–Kier alpha value is -1.85. The number of carbonyl (C=O) groups is 1. The summed E-state index contributed by atoms with van der Waals surface area (Å²) in [5, 5.41) is 0.189. The first-order valence-corrected chi connectivity index (χ1v) is 7.06. The van der Waals surface area contributed by atoms with Gasteiger partial charge in [0.1, 0.15) is 10.6 Å². The fraction of sp³-hybridized carbons (Fsp3) is 0. The highest BCUT2D eigenvalue weighted by Crippen LogP contribution is 2.22. The van der Waals surface area contributed by atoms with Gasteiger partial charge in [0.25, 0.3) is 0 Å². The van der Waals surface area contributed by atoms with Crippen LogP contribution in [0.4, 0.5) is 0 Å². The molecule has 0 aliphatic heterocycles. The molecule has 0 N–H and O–H groups in total. The second kappa shape index (κ2) is 5.42. The molecule has 6 heteroatoms. The monoisotopic (exact) mass is 296 g/mol. The van der Waals surface area contributed by atoms with Crippen LogP contribution in [0.2, 0.25) is 5.02 Å². The van der Waals surface area contributed by atoms with Crippen molar-refractivity contribution < 1.29 is 17.4 Å². The summed E-state index contributed by atoms with van der Waals surface area (Å²) in [6.07, 6.45) is 0.490. The molecule has 0 saturated carbocycles. The Morgan fingerprint density at radius 3 is 2.37 bits per heavy atom. The highest BCUT2D eigenvalue weighted by atomic mass is 35.5. The lowest BCUT2D eigenvalue weighted by atomic mass is 10.2. The Bertz CT molecular complexity index is 696. The molecule has 0 radical (unpaired) electrons. The molecule has 0 heterocycles. The topological polar surface area (TPSA) is 60.4 Å². The number of carbonyl (C=O) groups excluding carboxylic acids is 1. The van der Waals surface area contributed by atoms with E-state index in [0.29, 0.717) is 6.29 Å². The van der Waals surface area contributed by atoms with Gasteiger partial charge in [-0.15, -0.1) is 0 Å². The van der Waals surface area contributed by atoms with E-state index >= 15 is 0 Å². The van der Waals surface area contributed by atoms with E-state index in [1.54, 1.807) is 18.2 Å². The van der Waals surface area contributed by atoms with E-state index < -0.39 is 10.1 Å². The lowest BCUT2D eigenvalue weighted by Crippen LogP contribution is -2.10. The maximum absolute atomic E-state index is 12.0. The zero-order valence-electron chi connectivity index (χ0n) is 9.62. The Balaban J connectivity index is 2.37. The molecule has 0 bridgehead atoms. The molecule has 2 aromatic carbocycles. The lowest BCUT2D eigenvalue weighted by molar-refractivity contribution is 0.112. The van der Waals surface area contributed by atoms with Crippen LogP contribution in [0.5, 0.6) is 5.75 Å². The quantitative estimate of drug-likeness (QED) is 0.643. The molecule has 0 fully saturated rings. The van der Waals surface area contributed by atoms with Crippen LogP contribution in [-0.2, 0) is 10.1 Å². The average molecular weight is 297 g/mol. The first-order valence-electron chi connectivity index (χ1n) is 5.27. The third-order valence-electron chi connectivity index (χ3n) is 2.33. The Morgan fingerprint density at radius 1 is 1.05 bits per heavy atom. The number of para-hydroxylation sites is 1. The minimum atomic E-state index is -3.98. The van der Waals surface area contributed by atoms with E-state index in [2.05, 4.69) is 0 Å². The zero-order valence-corrected chi connectivity index (χ0v) is 11.2. The summed E-state index contributed by atoms with van der Waals surface area (Å²) in [7, 11) is -3.98. The van der Waals surface area contributed by atoms with Crippen molar-refractivity contribution in [1.29, 1.82) is 0 Å². The van der Waals surface area contributed by atoms with Gasteiger partial charge in [0, 0.05) is 5.56 Å². The summed E-state index contributed by atoms with van der Waals surface area (Å²) in [4.78, 5) is 10.6.